The second-order valence-corrected chi connectivity index (χ2v) is 10.2. The van der Waals surface area contributed by atoms with Gasteiger partial charge in [0.25, 0.3) is 0 Å². The number of hydrogen-bond acceptors (Lipinski definition) is 4. The van der Waals surface area contributed by atoms with E-state index in [9.17, 15) is 17.6 Å². The lowest BCUT2D eigenvalue weighted by Gasteiger charge is -2.30. The summed E-state index contributed by atoms with van der Waals surface area (Å²) in [6, 6.07) is 22.2. The second kappa shape index (κ2) is 10.8. The summed E-state index contributed by atoms with van der Waals surface area (Å²) in [5.41, 5.74) is 1.94. The first kappa shape index (κ1) is 23.9. The normalized spacial score (nSPS) is 15.1. The van der Waals surface area contributed by atoms with E-state index in [4.69, 9.17) is 4.74 Å². The van der Waals surface area contributed by atoms with Gasteiger partial charge < -0.3 is 10.1 Å². The molecule has 1 heterocycles. The minimum Gasteiger partial charge on any atom is -0.489 e. The number of carbonyl (C=O) groups is 1. The fourth-order valence-corrected chi connectivity index (χ4v) is 5.44. The van der Waals surface area contributed by atoms with Crippen LogP contribution in [0.25, 0.3) is 0 Å². The standard InChI is InChI=1S/C26H27FN2O4S/c27-23-10-12-24(13-11-23)34(31,32)29-16-14-21(15-17-29)26(30)28-18-22-8-4-5-9-25(22)33-19-20-6-2-1-3-7-20/h1-13,21H,14-19H2,(H,28,30). The smallest absolute Gasteiger partial charge is 0.243 e. The first-order valence-corrected chi connectivity index (χ1v) is 12.7. The molecule has 1 aliphatic rings. The van der Waals surface area contributed by atoms with Crippen LogP contribution in [0.4, 0.5) is 4.39 Å². The molecule has 1 fully saturated rings. The minimum absolute atomic E-state index is 0.0592. The van der Waals surface area contributed by atoms with E-state index in [-0.39, 0.29) is 29.8 Å². The maximum Gasteiger partial charge on any atom is 0.243 e. The minimum atomic E-state index is -3.70. The maximum absolute atomic E-state index is 13.1. The molecule has 0 spiro atoms. The number of benzene rings is 3. The molecule has 3 aromatic rings. The molecule has 178 valence electrons. The first-order chi connectivity index (χ1) is 16.4. The van der Waals surface area contributed by atoms with Crippen molar-refractivity contribution in [2.45, 2.75) is 30.9 Å². The van der Waals surface area contributed by atoms with Crippen molar-refractivity contribution in [3.05, 3.63) is 95.8 Å². The van der Waals surface area contributed by atoms with E-state index in [0.717, 1.165) is 23.3 Å². The van der Waals surface area contributed by atoms with E-state index in [1.165, 1.54) is 16.4 Å². The molecule has 34 heavy (non-hydrogen) atoms. The zero-order chi connectivity index (χ0) is 24.0. The number of carbonyl (C=O) groups excluding carboxylic acids is 1. The van der Waals surface area contributed by atoms with Crippen LogP contribution in [0.5, 0.6) is 5.75 Å². The van der Waals surface area contributed by atoms with Crippen molar-refractivity contribution in [2.75, 3.05) is 13.1 Å². The van der Waals surface area contributed by atoms with Gasteiger partial charge in [-0.05, 0) is 48.7 Å². The van der Waals surface area contributed by atoms with Crippen molar-refractivity contribution < 1.29 is 22.3 Å². The van der Waals surface area contributed by atoms with Crippen molar-refractivity contribution >= 4 is 15.9 Å². The number of amides is 1. The van der Waals surface area contributed by atoms with Crippen molar-refractivity contribution in [3.8, 4) is 5.75 Å². The average Bonchev–Trinajstić information content (AvgIpc) is 2.87. The molecule has 1 amide bonds. The Labute approximate surface area is 199 Å². The molecule has 1 N–H and O–H groups in total. The molecular weight excluding hydrogens is 455 g/mol. The van der Waals surface area contributed by atoms with E-state index < -0.39 is 15.8 Å². The van der Waals surface area contributed by atoms with E-state index in [1.54, 1.807) is 0 Å². The highest BCUT2D eigenvalue weighted by Gasteiger charge is 2.32. The SMILES string of the molecule is O=C(NCc1ccccc1OCc1ccccc1)C1CCN(S(=O)(=O)c2ccc(F)cc2)CC1. The highest BCUT2D eigenvalue weighted by molar-refractivity contribution is 7.89. The number of ether oxygens (including phenoxy) is 1. The number of rotatable bonds is 8. The van der Waals surface area contributed by atoms with Crippen LogP contribution in [-0.4, -0.2) is 31.7 Å². The molecule has 0 radical (unpaired) electrons. The summed E-state index contributed by atoms with van der Waals surface area (Å²) in [6.07, 6.45) is 0.858. The third-order valence-electron chi connectivity index (χ3n) is 5.94. The number of halogens is 1. The molecule has 8 heteroatoms. The molecule has 0 atom stereocenters. The van der Waals surface area contributed by atoms with Gasteiger partial charge in [-0.15, -0.1) is 0 Å². The van der Waals surface area contributed by atoms with Gasteiger partial charge in [-0.1, -0.05) is 48.5 Å². The number of nitrogens with zero attached hydrogens (tertiary/aromatic N) is 1. The van der Waals surface area contributed by atoms with Crippen LogP contribution in [0.15, 0.2) is 83.8 Å². The molecule has 1 saturated heterocycles. The highest BCUT2D eigenvalue weighted by atomic mass is 32.2. The van der Waals surface area contributed by atoms with Gasteiger partial charge in [0.1, 0.15) is 18.2 Å². The summed E-state index contributed by atoms with van der Waals surface area (Å²) < 4.78 is 46.0. The van der Waals surface area contributed by atoms with Crippen molar-refractivity contribution in [3.63, 3.8) is 0 Å². The summed E-state index contributed by atoms with van der Waals surface area (Å²) in [5.74, 6) is -0.137. The molecule has 0 bridgehead atoms. The van der Waals surface area contributed by atoms with Crippen molar-refractivity contribution in [1.82, 2.24) is 9.62 Å². The molecule has 0 saturated carbocycles. The van der Waals surface area contributed by atoms with Crippen LogP contribution >= 0.6 is 0 Å². The Kier molecular flexibility index (Phi) is 7.59. The molecule has 6 nitrogen and oxygen atoms in total. The van der Waals surface area contributed by atoms with E-state index in [2.05, 4.69) is 5.32 Å². The highest BCUT2D eigenvalue weighted by Crippen LogP contribution is 2.25. The monoisotopic (exact) mass is 482 g/mol. The fraction of sp³-hybridized carbons (Fsp3) is 0.269. The van der Waals surface area contributed by atoms with Gasteiger partial charge in [-0.25, -0.2) is 12.8 Å². The average molecular weight is 483 g/mol. The predicted molar refractivity (Wildman–Crippen MR) is 127 cm³/mol. The van der Waals surface area contributed by atoms with Crippen LogP contribution in [0.1, 0.15) is 24.0 Å². The number of piperidine rings is 1. The van der Waals surface area contributed by atoms with Gasteiger partial charge in [0.15, 0.2) is 0 Å². The number of nitrogens with one attached hydrogen (secondary N) is 1. The number of hydrogen-bond donors (Lipinski definition) is 1. The summed E-state index contributed by atoms with van der Waals surface area (Å²) in [7, 11) is -3.70. The lowest BCUT2D eigenvalue weighted by atomic mass is 9.97. The van der Waals surface area contributed by atoms with Gasteiger partial charge in [-0.2, -0.15) is 4.31 Å². The van der Waals surface area contributed by atoms with Crippen molar-refractivity contribution in [1.29, 1.82) is 0 Å². The second-order valence-electron chi connectivity index (χ2n) is 8.23. The molecule has 0 unspecified atom stereocenters. The number of para-hydroxylation sites is 1. The van der Waals surface area contributed by atoms with E-state index in [1.807, 2.05) is 54.6 Å². The summed E-state index contributed by atoms with van der Waals surface area (Å²) in [4.78, 5) is 12.8. The van der Waals surface area contributed by atoms with Gasteiger partial charge >= 0.3 is 0 Å². The lowest BCUT2D eigenvalue weighted by Crippen LogP contribution is -2.42. The van der Waals surface area contributed by atoms with Crippen LogP contribution in [0, 0.1) is 11.7 Å². The number of sulfonamides is 1. The zero-order valence-corrected chi connectivity index (χ0v) is 19.5. The zero-order valence-electron chi connectivity index (χ0n) is 18.7. The van der Waals surface area contributed by atoms with Crippen LogP contribution in [-0.2, 0) is 28.0 Å². The Hall–Kier alpha value is -3.23. The van der Waals surface area contributed by atoms with Crippen LogP contribution in [0.2, 0.25) is 0 Å². The predicted octanol–water partition coefficient (Wildman–Crippen LogP) is 4.12. The van der Waals surface area contributed by atoms with Gasteiger partial charge in [-0.3, -0.25) is 4.79 Å². The maximum atomic E-state index is 13.1. The van der Waals surface area contributed by atoms with Crippen LogP contribution in [0.3, 0.4) is 0 Å². The molecule has 3 aromatic carbocycles. The molecular formula is C26H27FN2O4S. The van der Waals surface area contributed by atoms with E-state index in [0.29, 0.717) is 31.7 Å². The van der Waals surface area contributed by atoms with E-state index >= 15 is 0 Å². The quantitative estimate of drug-likeness (QED) is 0.524. The Morgan fingerprint density at radius 2 is 1.59 bits per heavy atom. The Morgan fingerprint density at radius 3 is 2.29 bits per heavy atom. The molecule has 0 aliphatic carbocycles. The third kappa shape index (κ3) is 5.81. The van der Waals surface area contributed by atoms with Gasteiger partial charge in [0, 0.05) is 31.1 Å². The molecule has 0 aromatic heterocycles. The largest absolute Gasteiger partial charge is 0.489 e. The lowest BCUT2D eigenvalue weighted by molar-refractivity contribution is -0.126. The molecule has 1 aliphatic heterocycles. The Balaban J connectivity index is 1.30. The van der Waals surface area contributed by atoms with Gasteiger partial charge in [0.05, 0.1) is 4.90 Å². The first-order valence-electron chi connectivity index (χ1n) is 11.2. The molecule has 4 rings (SSSR count). The van der Waals surface area contributed by atoms with Crippen LogP contribution < -0.4 is 10.1 Å². The Bertz CT molecular complexity index is 1210. The topological polar surface area (TPSA) is 75.7 Å². The Morgan fingerprint density at radius 1 is 0.941 bits per heavy atom. The summed E-state index contributed by atoms with van der Waals surface area (Å²) >= 11 is 0. The van der Waals surface area contributed by atoms with Crippen molar-refractivity contribution in [2.24, 2.45) is 5.92 Å². The fourth-order valence-electron chi connectivity index (χ4n) is 3.97. The summed E-state index contributed by atoms with van der Waals surface area (Å²) in [5, 5.41) is 2.97. The third-order valence-corrected chi connectivity index (χ3v) is 7.85. The summed E-state index contributed by atoms with van der Waals surface area (Å²) in [6.45, 7) is 1.26. The van der Waals surface area contributed by atoms with Gasteiger partial charge in [0.2, 0.25) is 15.9 Å².